The van der Waals surface area contributed by atoms with Gasteiger partial charge in [-0.1, -0.05) is 12.1 Å². The van der Waals surface area contributed by atoms with Crippen molar-refractivity contribution in [1.82, 2.24) is 4.90 Å². The fourth-order valence-electron chi connectivity index (χ4n) is 3.64. The molecule has 142 valence electrons. The van der Waals surface area contributed by atoms with Gasteiger partial charge >= 0.3 is 0 Å². The molecule has 1 atom stereocenters. The Balaban J connectivity index is 1.77. The van der Waals surface area contributed by atoms with Gasteiger partial charge in [-0.3, -0.25) is 9.59 Å². The molecule has 2 amide bonds. The number of carbonyl (C=O) groups excluding carboxylic acids is 2. The third-order valence-electron chi connectivity index (χ3n) is 5.49. The lowest BCUT2D eigenvalue weighted by atomic mass is 10.0. The minimum atomic E-state index is -3.08. The zero-order valence-corrected chi connectivity index (χ0v) is 16.4. The first-order valence-corrected chi connectivity index (χ1v) is 10.9. The van der Waals surface area contributed by atoms with Crippen molar-refractivity contribution in [1.29, 1.82) is 0 Å². The second-order valence-corrected chi connectivity index (χ2v) is 9.73. The second kappa shape index (κ2) is 6.68. The number of nitrogens with one attached hydrogen (secondary N) is 1. The molecule has 1 unspecified atom stereocenters. The van der Waals surface area contributed by atoms with Crippen LogP contribution in [-0.2, 0) is 19.4 Å². The van der Waals surface area contributed by atoms with Crippen molar-refractivity contribution in [3.8, 4) is 0 Å². The summed E-state index contributed by atoms with van der Waals surface area (Å²) >= 11 is 0. The van der Waals surface area contributed by atoms with Gasteiger partial charge in [-0.05, 0) is 57.2 Å². The summed E-state index contributed by atoms with van der Waals surface area (Å²) in [6.45, 7) is 6.11. The number of hydrogen-bond acceptors (Lipinski definition) is 4. The van der Waals surface area contributed by atoms with Crippen molar-refractivity contribution in [2.75, 3.05) is 23.4 Å². The van der Waals surface area contributed by atoms with Crippen LogP contribution < -0.4 is 5.32 Å². The Hall–Kier alpha value is -1.89. The lowest BCUT2D eigenvalue weighted by Crippen LogP contribution is -2.48. The standard InChI is InChI=1S/C19H26N2O4S/c1-4-21(15-7-10-26(24,25)12-15)18(23)19(8-9-19)17(22)20-16-11-13(2)5-6-14(16)3/h5-6,11,15H,4,7-10,12H2,1-3H3,(H,20,22). The number of sulfone groups is 1. The van der Waals surface area contributed by atoms with Crippen molar-refractivity contribution in [2.45, 2.75) is 46.1 Å². The summed E-state index contributed by atoms with van der Waals surface area (Å²) < 4.78 is 23.6. The topological polar surface area (TPSA) is 83.6 Å². The van der Waals surface area contributed by atoms with Gasteiger partial charge in [0.05, 0.1) is 11.5 Å². The van der Waals surface area contributed by atoms with Gasteiger partial charge in [-0.2, -0.15) is 0 Å². The highest BCUT2D eigenvalue weighted by Gasteiger charge is 2.59. The smallest absolute Gasteiger partial charge is 0.240 e. The van der Waals surface area contributed by atoms with Gasteiger partial charge in [-0.15, -0.1) is 0 Å². The van der Waals surface area contributed by atoms with Crippen LogP contribution in [0.1, 0.15) is 37.3 Å². The van der Waals surface area contributed by atoms with E-state index >= 15 is 0 Å². The molecule has 6 nitrogen and oxygen atoms in total. The number of amides is 2. The average molecular weight is 378 g/mol. The first-order valence-electron chi connectivity index (χ1n) is 9.09. The van der Waals surface area contributed by atoms with Gasteiger partial charge in [0.25, 0.3) is 0 Å². The highest BCUT2D eigenvalue weighted by Crippen LogP contribution is 2.49. The molecule has 1 aliphatic heterocycles. The van der Waals surface area contributed by atoms with Crippen LogP contribution in [0.25, 0.3) is 0 Å². The number of carbonyl (C=O) groups is 2. The van der Waals surface area contributed by atoms with Crippen LogP contribution in [0.15, 0.2) is 18.2 Å². The summed E-state index contributed by atoms with van der Waals surface area (Å²) in [5.41, 5.74) is 1.66. The molecule has 0 radical (unpaired) electrons. The van der Waals surface area contributed by atoms with Crippen molar-refractivity contribution >= 4 is 27.3 Å². The largest absolute Gasteiger partial charge is 0.338 e. The van der Waals surface area contributed by atoms with Crippen LogP contribution in [-0.4, -0.2) is 49.2 Å². The van der Waals surface area contributed by atoms with Gasteiger partial charge in [-0.25, -0.2) is 8.42 Å². The van der Waals surface area contributed by atoms with E-state index < -0.39 is 15.3 Å². The van der Waals surface area contributed by atoms with E-state index in [1.807, 2.05) is 39.0 Å². The molecular weight excluding hydrogens is 352 g/mol. The number of anilines is 1. The first-order chi connectivity index (χ1) is 12.2. The molecule has 3 rings (SSSR count). The molecule has 0 bridgehead atoms. The quantitative estimate of drug-likeness (QED) is 0.795. The lowest BCUT2D eigenvalue weighted by molar-refractivity contribution is -0.143. The Morgan fingerprint density at radius 1 is 1.27 bits per heavy atom. The minimum absolute atomic E-state index is 0.00126. The molecule has 2 fully saturated rings. The van der Waals surface area contributed by atoms with Gasteiger partial charge < -0.3 is 10.2 Å². The van der Waals surface area contributed by atoms with E-state index in [4.69, 9.17) is 0 Å². The molecule has 1 saturated carbocycles. The van der Waals surface area contributed by atoms with Gasteiger partial charge in [0, 0.05) is 18.3 Å². The molecule has 1 N–H and O–H groups in total. The summed E-state index contributed by atoms with van der Waals surface area (Å²) in [4.78, 5) is 27.6. The number of benzene rings is 1. The van der Waals surface area contributed by atoms with Crippen LogP contribution in [0.4, 0.5) is 5.69 Å². The van der Waals surface area contributed by atoms with E-state index in [2.05, 4.69) is 5.32 Å². The Labute approximate surface area is 154 Å². The number of nitrogens with zero attached hydrogens (tertiary/aromatic N) is 1. The van der Waals surface area contributed by atoms with E-state index in [1.54, 1.807) is 4.90 Å². The monoisotopic (exact) mass is 378 g/mol. The third-order valence-corrected chi connectivity index (χ3v) is 7.24. The highest BCUT2D eigenvalue weighted by atomic mass is 32.2. The summed E-state index contributed by atoms with van der Waals surface area (Å²) in [6, 6.07) is 5.49. The van der Waals surface area contributed by atoms with Crippen LogP contribution >= 0.6 is 0 Å². The van der Waals surface area contributed by atoms with E-state index in [0.29, 0.717) is 25.8 Å². The molecular formula is C19H26N2O4S. The number of rotatable bonds is 5. The van der Waals surface area contributed by atoms with Crippen LogP contribution in [0, 0.1) is 19.3 Å². The average Bonchev–Trinajstić information content (AvgIpc) is 3.31. The van der Waals surface area contributed by atoms with Crippen molar-refractivity contribution < 1.29 is 18.0 Å². The fourth-order valence-corrected chi connectivity index (χ4v) is 5.37. The van der Waals surface area contributed by atoms with E-state index in [1.165, 1.54) is 0 Å². The number of hydrogen-bond donors (Lipinski definition) is 1. The molecule has 0 spiro atoms. The maximum absolute atomic E-state index is 13.1. The maximum Gasteiger partial charge on any atom is 0.240 e. The Bertz CT molecular complexity index is 843. The normalized spacial score (nSPS) is 22.7. The predicted octanol–water partition coefficient (Wildman–Crippen LogP) is 2.06. The Morgan fingerprint density at radius 3 is 2.50 bits per heavy atom. The van der Waals surface area contributed by atoms with Crippen LogP contribution in [0.5, 0.6) is 0 Å². The third kappa shape index (κ3) is 3.49. The zero-order chi connectivity index (χ0) is 19.1. The minimum Gasteiger partial charge on any atom is -0.338 e. The summed E-state index contributed by atoms with van der Waals surface area (Å²) in [7, 11) is -3.08. The summed E-state index contributed by atoms with van der Waals surface area (Å²) in [6.07, 6.45) is 1.48. The SMILES string of the molecule is CCN(C(=O)C1(C(=O)Nc2cc(C)ccc2C)CC1)C1CCS(=O)(=O)C1. The van der Waals surface area contributed by atoms with Crippen LogP contribution in [0.3, 0.4) is 0 Å². The predicted molar refractivity (Wildman–Crippen MR) is 101 cm³/mol. The molecule has 0 aromatic heterocycles. The Morgan fingerprint density at radius 2 is 1.96 bits per heavy atom. The van der Waals surface area contributed by atoms with Gasteiger partial charge in [0.1, 0.15) is 5.41 Å². The fraction of sp³-hybridized carbons (Fsp3) is 0.579. The van der Waals surface area contributed by atoms with E-state index in [9.17, 15) is 18.0 Å². The molecule has 2 aliphatic rings. The van der Waals surface area contributed by atoms with Gasteiger partial charge in [0.2, 0.25) is 11.8 Å². The number of aryl methyl sites for hydroxylation is 2. The summed E-state index contributed by atoms with van der Waals surface area (Å²) in [5, 5.41) is 2.92. The first kappa shape index (κ1) is 18.9. The van der Waals surface area contributed by atoms with E-state index in [0.717, 1.165) is 16.8 Å². The van der Waals surface area contributed by atoms with Gasteiger partial charge in [0.15, 0.2) is 9.84 Å². The zero-order valence-electron chi connectivity index (χ0n) is 15.5. The van der Waals surface area contributed by atoms with Crippen molar-refractivity contribution in [3.05, 3.63) is 29.3 Å². The molecule has 1 aromatic rings. The maximum atomic E-state index is 13.1. The molecule has 1 aliphatic carbocycles. The molecule has 1 heterocycles. The Kier molecular flexibility index (Phi) is 4.86. The second-order valence-electron chi connectivity index (χ2n) is 7.50. The molecule has 1 aromatic carbocycles. The van der Waals surface area contributed by atoms with Crippen molar-refractivity contribution in [2.24, 2.45) is 5.41 Å². The highest BCUT2D eigenvalue weighted by molar-refractivity contribution is 7.91. The molecule has 26 heavy (non-hydrogen) atoms. The van der Waals surface area contributed by atoms with Crippen LogP contribution in [0.2, 0.25) is 0 Å². The molecule has 7 heteroatoms. The lowest BCUT2D eigenvalue weighted by Gasteiger charge is -2.30. The van der Waals surface area contributed by atoms with Crippen molar-refractivity contribution in [3.63, 3.8) is 0 Å². The summed E-state index contributed by atoms with van der Waals surface area (Å²) in [5.74, 6) is -0.398. The molecule has 1 saturated heterocycles. The van der Waals surface area contributed by atoms with E-state index in [-0.39, 0.29) is 29.4 Å².